The summed E-state index contributed by atoms with van der Waals surface area (Å²) in [6.07, 6.45) is 0. The molecule has 11 rings (SSSR count). The summed E-state index contributed by atoms with van der Waals surface area (Å²) in [5.74, 6) is 0. The van der Waals surface area contributed by atoms with Crippen LogP contribution in [0.5, 0.6) is 0 Å². The Morgan fingerprint density at radius 3 is 1.42 bits per heavy atom. The normalized spacial score (nSPS) is 13.2. The lowest BCUT2D eigenvalue weighted by molar-refractivity contribution is 0.793. The van der Waals surface area contributed by atoms with E-state index in [1.807, 2.05) is 0 Å². The van der Waals surface area contributed by atoms with E-state index < -0.39 is 5.41 Å². The van der Waals surface area contributed by atoms with E-state index in [-0.39, 0.29) is 0 Å². The Labute approximate surface area is 303 Å². The Bertz CT molecular complexity index is 2790. The largest absolute Gasteiger partial charge is 0.310 e. The van der Waals surface area contributed by atoms with Gasteiger partial charge in [-0.05, 0) is 102 Å². The fourth-order valence-corrected chi connectivity index (χ4v) is 9.32. The molecule has 242 valence electrons. The molecule has 2 aliphatic rings. The van der Waals surface area contributed by atoms with Crippen LogP contribution < -0.4 is 4.90 Å². The maximum atomic E-state index is 2.48. The Kier molecular flexibility index (Phi) is 6.23. The van der Waals surface area contributed by atoms with Crippen LogP contribution in [-0.4, -0.2) is 0 Å². The molecule has 0 radical (unpaired) electrons. The van der Waals surface area contributed by atoms with Crippen molar-refractivity contribution in [3.05, 3.63) is 222 Å². The smallest absolute Gasteiger partial charge is 0.0726 e. The van der Waals surface area contributed by atoms with Crippen LogP contribution in [0.3, 0.4) is 0 Å². The predicted molar refractivity (Wildman–Crippen MR) is 218 cm³/mol. The van der Waals surface area contributed by atoms with Crippen molar-refractivity contribution in [2.75, 3.05) is 4.90 Å². The number of nitrogens with zero attached hydrogens (tertiary/aromatic N) is 1. The lowest BCUT2D eigenvalue weighted by atomic mass is 9.70. The Morgan fingerprint density at radius 1 is 0.308 bits per heavy atom. The minimum atomic E-state index is -0.405. The number of fused-ring (bicyclic) bond motifs is 12. The van der Waals surface area contributed by atoms with E-state index in [0.29, 0.717) is 0 Å². The summed E-state index contributed by atoms with van der Waals surface area (Å²) in [7, 11) is 0. The van der Waals surface area contributed by atoms with E-state index in [2.05, 4.69) is 205 Å². The van der Waals surface area contributed by atoms with E-state index in [1.165, 1.54) is 77.2 Å². The van der Waals surface area contributed by atoms with E-state index in [9.17, 15) is 0 Å². The maximum Gasteiger partial charge on any atom is 0.0726 e. The second-order valence-corrected chi connectivity index (χ2v) is 14.0. The minimum Gasteiger partial charge on any atom is -0.310 e. The first-order valence-electron chi connectivity index (χ1n) is 18.1. The summed E-state index contributed by atoms with van der Waals surface area (Å²) in [4.78, 5) is 2.46. The number of benzene rings is 9. The fraction of sp³-hybridized carbons (Fsp3) is 0.0196. The van der Waals surface area contributed by atoms with Gasteiger partial charge in [-0.2, -0.15) is 0 Å². The maximum absolute atomic E-state index is 2.48. The highest BCUT2D eigenvalue weighted by Gasteiger charge is 2.51. The van der Waals surface area contributed by atoms with Crippen LogP contribution in [0, 0.1) is 0 Å². The lowest BCUT2D eigenvalue weighted by Crippen LogP contribution is -2.26. The average Bonchev–Trinajstić information content (AvgIpc) is 3.68. The van der Waals surface area contributed by atoms with Crippen LogP contribution in [-0.2, 0) is 5.41 Å². The van der Waals surface area contributed by atoms with Gasteiger partial charge in [0.2, 0.25) is 0 Å². The molecule has 0 saturated heterocycles. The first-order chi connectivity index (χ1) is 25.8. The summed E-state index contributed by atoms with van der Waals surface area (Å²) < 4.78 is 0. The van der Waals surface area contributed by atoms with Crippen molar-refractivity contribution in [2.45, 2.75) is 5.41 Å². The van der Waals surface area contributed by atoms with Crippen molar-refractivity contribution in [3.63, 3.8) is 0 Å². The molecule has 0 aromatic heterocycles. The topological polar surface area (TPSA) is 3.24 Å². The molecule has 0 bridgehead atoms. The van der Waals surface area contributed by atoms with Gasteiger partial charge in [-0.15, -0.1) is 0 Å². The van der Waals surface area contributed by atoms with Gasteiger partial charge in [0.05, 0.1) is 11.1 Å². The van der Waals surface area contributed by atoms with Gasteiger partial charge >= 0.3 is 0 Å². The van der Waals surface area contributed by atoms with Gasteiger partial charge in [-0.3, -0.25) is 0 Å². The van der Waals surface area contributed by atoms with Crippen LogP contribution >= 0.6 is 0 Å². The van der Waals surface area contributed by atoms with E-state index in [1.54, 1.807) is 0 Å². The molecule has 0 fully saturated rings. The number of hydrogen-bond donors (Lipinski definition) is 0. The molecule has 9 aromatic rings. The third-order valence-electron chi connectivity index (χ3n) is 11.5. The zero-order valence-electron chi connectivity index (χ0n) is 28.5. The van der Waals surface area contributed by atoms with Gasteiger partial charge in [0.1, 0.15) is 0 Å². The molecule has 52 heavy (non-hydrogen) atoms. The predicted octanol–water partition coefficient (Wildman–Crippen LogP) is 13.5. The summed E-state index contributed by atoms with van der Waals surface area (Å²) in [6, 6.07) is 74.0. The van der Waals surface area contributed by atoms with Gasteiger partial charge in [-0.1, -0.05) is 170 Å². The van der Waals surface area contributed by atoms with E-state index in [0.717, 1.165) is 17.1 Å². The molecule has 0 aliphatic heterocycles. The summed E-state index contributed by atoms with van der Waals surface area (Å²) >= 11 is 0. The SMILES string of the molecule is c1ccc2c(c1)-c1ccccc1C21c2ccccc2-c2ccc(N(c3ccc(-c4cccc5ccccc45)cc3)c3cccc4ccccc34)cc21. The van der Waals surface area contributed by atoms with Gasteiger partial charge in [0.25, 0.3) is 0 Å². The fourth-order valence-electron chi connectivity index (χ4n) is 9.32. The third-order valence-corrected chi connectivity index (χ3v) is 11.5. The summed E-state index contributed by atoms with van der Waals surface area (Å²) in [5, 5.41) is 4.97. The van der Waals surface area contributed by atoms with Gasteiger partial charge in [0, 0.05) is 16.8 Å². The summed E-state index contributed by atoms with van der Waals surface area (Å²) in [6.45, 7) is 0. The Morgan fingerprint density at radius 2 is 0.769 bits per heavy atom. The highest BCUT2D eigenvalue weighted by molar-refractivity contribution is 6.01. The molecule has 0 N–H and O–H groups in total. The lowest BCUT2D eigenvalue weighted by Gasteiger charge is -2.32. The van der Waals surface area contributed by atoms with Crippen molar-refractivity contribution in [2.24, 2.45) is 0 Å². The molecule has 0 unspecified atom stereocenters. The standard InChI is InChI=1S/C51H33N/c1-3-17-39-34(13-1)15-11-22-40(39)36-27-29-37(30-28-36)52(50-26-12-16-35-14-2-4-18-41(35)50)38-31-32-45-44-21-7-10-25-48(44)51(49(45)33-38)46-23-8-5-19-42(46)43-20-6-9-24-47(43)51/h1-33H. The quantitative estimate of drug-likeness (QED) is 0.182. The second-order valence-electron chi connectivity index (χ2n) is 14.0. The van der Waals surface area contributed by atoms with Crippen molar-refractivity contribution >= 4 is 38.6 Å². The molecule has 2 aliphatic carbocycles. The van der Waals surface area contributed by atoms with Crippen molar-refractivity contribution in [3.8, 4) is 33.4 Å². The molecule has 1 nitrogen and oxygen atoms in total. The molecular formula is C51H33N. The van der Waals surface area contributed by atoms with Crippen LogP contribution in [0.4, 0.5) is 17.1 Å². The highest BCUT2D eigenvalue weighted by Crippen LogP contribution is 2.63. The van der Waals surface area contributed by atoms with Gasteiger partial charge in [0.15, 0.2) is 0 Å². The van der Waals surface area contributed by atoms with E-state index in [4.69, 9.17) is 0 Å². The number of hydrogen-bond acceptors (Lipinski definition) is 1. The van der Waals surface area contributed by atoms with Crippen molar-refractivity contribution in [1.29, 1.82) is 0 Å². The van der Waals surface area contributed by atoms with Crippen LogP contribution in [0.15, 0.2) is 200 Å². The van der Waals surface area contributed by atoms with Crippen molar-refractivity contribution in [1.82, 2.24) is 0 Å². The molecule has 9 aromatic carbocycles. The molecule has 1 spiro atoms. The number of anilines is 3. The molecule has 1 heteroatoms. The first-order valence-corrected chi connectivity index (χ1v) is 18.1. The Hall–Kier alpha value is -6.70. The van der Waals surface area contributed by atoms with Gasteiger partial charge < -0.3 is 4.90 Å². The second kappa shape index (κ2) is 11.2. The minimum absolute atomic E-state index is 0.405. The first kappa shape index (κ1) is 29.1. The van der Waals surface area contributed by atoms with Crippen molar-refractivity contribution < 1.29 is 0 Å². The molecule has 0 amide bonds. The zero-order chi connectivity index (χ0) is 34.2. The third kappa shape index (κ3) is 3.99. The van der Waals surface area contributed by atoms with E-state index >= 15 is 0 Å². The average molecular weight is 660 g/mol. The van der Waals surface area contributed by atoms with Crippen LogP contribution in [0.25, 0.3) is 54.9 Å². The van der Waals surface area contributed by atoms with Gasteiger partial charge in [-0.25, -0.2) is 0 Å². The zero-order valence-corrected chi connectivity index (χ0v) is 28.5. The molecular weight excluding hydrogens is 627 g/mol. The highest BCUT2D eigenvalue weighted by atomic mass is 15.1. The number of rotatable bonds is 4. The summed E-state index contributed by atoms with van der Waals surface area (Å²) in [5.41, 5.74) is 16.1. The Balaban J connectivity index is 1.16. The molecule has 0 atom stereocenters. The molecule has 0 heterocycles. The monoisotopic (exact) mass is 659 g/mol. The van der Waals surface area contributed by atoms with Crippen LogP contribution in [0.2, 0.25) is 0 Å². The molecule has 0 saturated carbocycles. The van der Waals surface area contributed by atoms with Crippen LogP contribution in [0.1, 0.15) is 22.3 Å².